The molecule has 1 rings (SSSR count). The molecule has 0 aliphatic heterocycles. The van der Waals surface area contributed by atoms with Crippen LogP contribution in [0.3, 0.4) is 0 Å². The molecule has 3 nitrogen and oxygen atoms in total. The predicted octanol–water partition coefficient (Wildman–Crippen LogP) is 0.830. The van der Waals surface area contributed by atoms with E-state index in [9.17, 15) is 4.39 Å². The van der Waals surface area contributed by atoms with Gasteiger partial charge in [0.05, 0.1) is 12.7 Å². The molecule has 0 spiro atoms. The van der Waals surface area contributed by atoms with Gasteiger partial charge in [0.2, 0.25) is 0 Å². The van der Waals surface area contributed by atoms with Crippen LogP contribution >= 0.6 is 0 Å². The van der Waals surface area contributed by atoms with Crippen molar-refractivity contribution in [3.8, 4) is 0 Å². The molecule has 84 valence electrons. The van der Waals surface area contributed by atoms with Crippen molar-refractivity contribution in [2.75, 3.05) is 13.2 Å². The highest BCUT2D eigenvalue weighted by molar-refractivity contribution is 5.19. The lowest BCUT2D eigenvalue weighted by Crippen LogP contribution is -2.31. The van der Waals surface area contributed by atoms with Gasteiger partial charge in [-0.25, -0.2) is 4.39 Å². The molecule has 1 unspecified atom stereocenters. The van der Waals surface area contributed by atoms with E-state index in [-0.39, 0.29) is 18.5 Å². The molecule has 0 bridgehead atoms. The van der Waals surface area contributed by atoms with Crippen molar-refractivity contribution in [2.45, 2.75) is 19.1 Å². The van der Waals surface area contributed by atoms with Gasteiger partial charge in [0, 0.05) is 12.6 Å². The van der Waals surface area contributed by atoms with Gasteiger partial charge in [0.1, 0.15) is 5.82 Å². The van der Waals surface area contributed by atoms with Crippen molar-refractivity contribution in [3.05, 3.63) is 35.6 Å². The summed E-state index contributed by atoms with van der Waals surface area (Å²) in [5, 5.41) is 20.8. The molecule has 0 aliphatic rings. The third-order valence-electron chi connectivity index (χ3n) is 2.24. The number of aliphatic hydroxyl groups is 2. The second-order valence-corrected chi connectivity index (χ2v) is 3.52. The Bertz CT molecular complexity index is 289. The van der Waals surface area contributed by atoms with Crippen LogP contribution < -0.4 is 5.32 Å². The summed E-state index contributed by atoms with van der Waals surface area (Å²) in [6.07, 6.45) is -0.757. The van der Waals surface area contributed by atoms with E-state index in [1.165, 1.54) is 12.1 Å². The molecule has 4 heteroatoms. The van der Waals surface area contributed by atoms with Gasteiger partial charge in [-0.15, -0.1) is 0 Å². The van der Waals surface area contributed by atoms with Crippen LogP contribution in [0, 0.1) is 5.82 Å². The van der Waals surface area contributed by atoms with Crippen molar-refractivity contribution >= 4 is 0 Å². The highest BCUT2D eigenvalue weighted by atomic mass is 19.1. The van der Waals surface area contributed by atoms with Crippen LogP contribution in [0.15, 0.2) is 24.3 Å². The zero-order valence-corrected chi connectivity index (χ0v) is 8.65. The number of hydrogen-bond donors (Lipinski definition) is 3. The third kappa shape index (κ3) is 3.95. The number of benzene rings is 1. The monoisotopic (exact) mass is 213 g/mol. The molecule has 15 heavy (non-hydrogen) atoms. The Morgan fingerprint density at radius 2 is 1.93 bits per heavy atom. The fraction of sp³-hybridized carbons (Fsp3) is 0.455. The first kappa shape index (κ1) is 12.1. The average molecular weight is 213 g/mol. The largest absolute Gasteiger partial charge is 0.394 e. The maximum atomic E-state index is 12.6. The Kier molecular flexibility index (Phi) is 4.68. The molecule has 0 saturated heterocycles. The summed E-state index contributed by atoms with van der Waals surface area (Å²) >= 11 is 0. The second kappa shape index (κ2) is 5.80. The zero-order valence-electron chi connectivity index (χ0n) is 8.65. The second-order valence-electron chi connectivity index (χ2n) is 3.52. The fourth-order valence-electron chi connectivity index (χ4n) is 1.25. The minimum atomic E-state index is -0.757. The summed E-state index contributed by atoms with van der Waals surface area (Å²) in [6, 6.07) is 6.20. The van der Waals surface area contributed by atoms with Gasteiger partial charge in [-0.05, 0) is 24.6 Å². The molecule has 0 fully saturated rings. The number of aliphatic hydroxyl groups excluding tert-OH is 2. The molecule has 2 atom stereocenters. The van der Waals surface area contributed by atoms with E-state index in [1.54, 1.807) is 12.1 Å². The lowest BCUT2D eigenvalue weighted by atomic mass is 10.1. The predicted molar refractivity (Wildman–Crippen MR) is 55.9 cm³/mol. The van der Waals surface area contributed by atoms with Crippen molar-refractivity contribution in [2.24, 2.45) is 0 Å². The van der Waals surface area contributed by atoms with Crippen LogP contribution in [0.1, 0.15) is 18.5 Å². The number of rotatable bonds is 5. The first-order valence-corrected chi connectivity index (χ1v) is 4.91. The molecule has 0 aromatic heterocycles. The Morgan fingerprint density at radius 3 is 2.47 bits per heavy atom. The quantitative estimate of drug-likeness (QED) is 0.679. The van der Waals surface area contributed by atoms with Gasteiger partial charge in [-0.2, -0.15) is 0 Å². The zero-order chi connectivity index (χ0) is 11.3. The number of nitrogens with one attached hydrogen (secondary N) is 1. The van der Waals surface area contributed by atoms with Gasteiger partial charge in [0.25, 0.3) is 0 Å². The van der Waals surface area contributed by atoms with Crippen molar-refractivity contribution in [3.63, 3.8) is 0 Å². The molecule has 0 aliphatic carbocycles. The molecule has 0 radical (unpaired) electrons. The third-order valence-corrected chi connectivity index (χ3v) is 2.24. The summed E-state index contributed by atoms with van der Waals surface area (Å²) in [7, 11) is 0. The van der Waals surface area contributed by atoms with E-state index in [0.717, 1.165) is 5.56 Å². The van der Waals surface area contributed by atoms with Crippen LogP contribution in [0.2, 0.25) is 0 Å². The molecule has 1 aromatic carbocycles. The molecular formula is C11H16FNO2. The summed E-state index contributed by atoms with van der Waals surface area (Å²) in [5.74, 6) is -0.263. The van der Waals surface area contributed by atoms with E-state index in [1.807, 2.05) is 6.92 Å². The van der Waals surface area contributed by atoms with E-state index in [2.05, 4.69) is 5.32 Å². The van der Waals surface area contributed by atoms with Gasteiger partial charge in [-0.3, -0.25) is 0 Å². The molecular weight excluding hydrogens is 197 g/mol. The van der Waals surface area contributed by atoms with Gasteiger partial charge in [0.15, 0.2) is 0 Å². The van der Waals surface area contributed by atoms with Crippen LogP contribution in [0.4, 0.5) is 4.39 Å². The molecule has 1 aromatic rings. The van der Waals surface area contributed by atoms with E-state index < -0.39 is 6.10 Å². The standard InChI is InChI=1S/C11H16FNO2/c1-8(13-6-11(15)7-14)9-2-4-10(12)5-3-9/h2-5,8,11,13-15H,6-7H2,1H3/t8?,11-/m0/s1. The van der Waals surface area contributed by atoms with Crippen LogP contribution in [-0.2, 0) is 0 Å². The summed E-state index contributed by atoms with van der Waals surface area (Å²) in [6.45, 7) is 1.97. The lowest BCUT2D eigenvalue weighted by Gasteiger charge is -2.16. The van der Waals surface area contributed by atoms with E-state index in [0.29, 0.717) is 6.54 Å². The van der Waals surface area contributed by atoms with Crippen LogP contribution in [0.25, 0.3) is 0 Å². The topological polar surface area (TPSA) is 52.5 Å². The van der Waals surface area contributed by atoms with E-state index >= 15 is 0 Å². The molecule has 0 heterocycles. The Hall–Kier alpha value is -0.970. The maximum absolute atomic E-state index is 12.6. The van der Waals surface area contributed by atoms with Crippen molar-refractivity contribution in [1.82, 2.24) is 5.32 Å². The minimum Gasteiger partial charge on any atom is -0.394 e. The summed E-state index contributed by atoms with van der Waals surface area (Å²) in [4.78, 5) is 0. The van der Waals surface area contributed by atoms with Crippen LogP contribution in [-0.4, -0.2) is 29.5 Å². The lowest BCUT2D eigenvalue weighted by molar-refractivity contribution is 0.0924. The first-order chi connectivity index (χ1) is 7.13. The fourth-order valence-corrected chi connectivity index (χ4v) is 1.25. The minimum absolute atomic E-state index is 0.0202. The first-order valence-electron chi connectivity index (χ1n) is 4.91. The Morgan fingerprint density at radius 1 is 1.33 bits per heavy atom. The molecule has 0 saturated carbocycles. The number of hydrogen-bond acceptors (Lipinski definition) is 3. The van der Waals surface area contributed by atoms with Crippen molar-refractivity contribution in [1.29, 1.82) is 0 Å². The molecule has 3 N–H and O–H groups in total. The highest BCUT2D eigenvalue weighted by Crippen LogP contribution is 2.12. The van der Waals surface area contributed by atoms with Crippen molar-refractivity contribution < 1.29 is 14.6 Å². The summed E-state index contributed by atoms with van der Waals surface area (Å²) in [5.41, 5.74) is 0.946. The summed E-state index contributed by atoms with van der Waals surface area (Å²) < 4.78 is 12.6. The van der Waals surface area contributed by atoms with Gasteiger partial charge in [-0.1, -0.05) is 12.1 Å². The Balaban J connectivity index is 2.46. The smallest absolute Gasteiger partial charge is 0.123 e. The maximum Gasteiger partial charge on any atom is 0.123 e. The normalized spacial score (nSPS) is 14.9. The van der Waals surface area contributed by atoms with Gasteiger partial charge < -0.3 is 15.5 Å². The van der Waals surface area contributed by atoms with Crippen LogP contribution in [0.5, 0.6) is 0 Å². The van der Waals surface area contributed by atoms with E-state index in [4.69, 9.17) is 10.2 Å². The Labute approximate surface area is 88.6 Å². The van der Waals surface area contributed by atoms with Gasteiger partial charge >= 0.3 is 0 Å². The molecule has 0 amide bonds. The highest BCUT2D eigenvalue weighted by Gasteiger charge is 2.07. The average Bonchev–Trinajstić information content (AvgIpc) is 2.26. The SMILES string of the molecule is CC(NC[C@H](O)CO)c1ccc(F)cc1. The number of halogens is 1.